The molecule has 1 fully saturated rings. The Morgan fingerprint density at radius 2 is 1.89 bits per heavy atom. The molecule has 1 rings (SSSR count). The van der Waals surface area contributed by atoms with Crippen LogP contribution in [0.2, 0.25) is 0 Å². The quantitative estimate of drug-likeness (QED) is 0.770. The second-order valence-corrected chi connectivity index (χ2v) is 5.88. The van der Waals surface area contributed by atoms with Gasteiger partial charge in [0.05, 0.1) is 0 Å². The van der Waals surface area contributed by atoms with Crippen LogP contribution in [0.3, 0.4) is 0 Å². The summed E-state index contributed by atoms with van der Waals surface area (Å²) in [6.07, 6.45) is 4.41. The van der Waals surface area contributed by atoms with Crippen molar-refractivity contribution in [3.63, 3.8) is 0 Å². The topological polar surface area (TPSA) is 49.4 Å². The van der Waals surface area contributed by atoms with Gasteiger partial charge in [-0.25, -0.2) is 0 Å². The number of rotatable bonds is 7. The van der Waals surface area contributed by atoms with Crippen LogP contribution in [0.5, 0.6) is 0 Å². The molecule has 0 bridgehead atoms. The zero-order valence-corrected chi connectivity index (χ0v) is 12.7. The fraction of sp³-hybridized carbons (Fsp3) is 0.867. The minimum atomic E-state index is -0.322. The maximum atomic E-state index is 12.5. The number of carbonyl (C=O) groups excluding carboxylic acids is 2. The van der Waals surface area contributed by atoms with Crippen LogP contribution < -0.4 is 5.32 Å². The number of amides is 2. The van der Waals surface area contributed by atoms with Crippen molar-refractivity contribution in [2.24, 2.45) is 5.92 Å². The molecule has 4 heteroatoms. The first-order valence-electron chi connectivity index (χ1n) is 7.62. The molecule has 0 aromatic carbocycles. The van der Waals surface area contributed by atoms with Gasteiger partial charge in [-0.05, 0) is 25.2 Å². The summed E-state index contributed by atoms with van der Waals surface area (Å²) < 4.78 is 0. The van der Waals surface area contributed by atoms with Crippen LogP contribution in [0.25, 0.3) is 0 Å². The van der Waals surface area contributed by atoms with E-state index in [0.29, 0.717) is 12.5 Å². The van der Waals surface area contributed by atoms with Gasteiger partial charge in [-0.15, -0.1) is 0 Å². The third-order valence-corrected chi connectivity index (χ3v) is 3.60. The molecule has 1 aliphatic rings. The Morgan fingerprint density at radius 3 is 2.42 bits per heavy atom. The average Bonchev–Trinajstić information content (AvgIpc) is 2.34. The standard InChI is InChI=1S/C15H28N2O2/c1-5-7-9-17-13(8-6-2)14(18)16-12(15(17)19)10-11(3)4/h11-13H,5-10H2,1-4H3,(H,16,18). The van der Waals surface area contributed by atoms with Crippen LogP contribution in [-0.4, -0.2) is 35.3 Å². The summed E-state index contributed by atoms with van der Waals surface area (Å²) in [5.41, 5.74) is 0. The molecule has 110 valence electrons. The van der Waals surface area contributed by atoms with E-state index in [1.807, 2.05) is 4.90 Å². The first-order valence-corrected chi connectivity index (χ1v) is 7.62. The second kappa shape index (κ2) is 7.51. The molecule has 0 aromatic rings. The van der Waals surface area contributed by atoms with Crippen LogP contribution in [0.4, 0.5) is 0 Å². The van der Waals surface area contributed by atoms with Gasteiger partial charge in [0, 0.05) is 6.54 Å². The Labute approximate surface area is 116 Å². The molecule has 0 aliphatic carbocycles. The first kappa shape index (κ1) is 16.0. The summed E-state index contributed by atoms with van der Waals surface area (Å²) in [5.74, 6) is 0.549. The highest BCUT2D eigenvalue weighted by Gasteiger charge is 2.39. The molecule has 1 heterocycles. The molecule has 1 N–H and O–H groups in total. The number of carbonyl (C=O) groups is 2. The van der Waals surface area contributed by atoms with Gasteiger partial charge in [-0.1, -0.05) is 40.5 Å². The first-order chi connectivity index (χ1) is 9.01. The Kier molecular flexibility index (Phi) is 6.32. The highest BCUT2D eigenvalue weighted by Crippen LogP contribution is 2.19. The monoisotopic (exact) mass is 268 g/mol. The van der Waals surface area contributed by atoms with Crippen molar-refractivity contribution in [3.05, 3.63) is 0 Å². The molecule has 19 heavy (non-hydrogen) atoms. The van der Waals surface area contributed by atoms with E-state index < -0.39 is 0 Å². The Bertz CT molecular complexity index is 315. The number of unbranched alkanes of at least 4 members (excludes halogenated alkanes) is 1. The summed E-state index contributed by atoms with van der Waals surface area (Å²) in [7, 11) is 0. The highest BCUT2D eigenvalue weighted by molar-refractivity contribution is 5.96. The largest absolute Gasteiger partial charge is 0.342 e. The zero-order valence-electron chi connectivity index (χ0n) is 12.7. The average molecular weight is 268 g/mol. The van der Waals surface area contributed by atoms with Gasteiger partial charge in [-0.3, -0.25) is 9.59 Å². The van der Waals surface area contributed by atoms with Crippen molar-refractivity contribution in [2.45, 2.75) is 71.9 Å². The summed E-state index contributed by atoms with van der Waals surface area (Å²) in [6, 6.07) is -0.579. The van der Waals surface area contributed by atoms with Gasteiger partial charge in [-0.2, -0.15) is 0 Å². The molecule has 1 aliphatic heterocycles. The maximum Gasteiger partial charge on any atom is 0.245 e. The lowest BCUT2D eigenvalue weighted by molar-refractivity contribution is -0.150. The van der Waals surface area contributed by atoms with Gasteiger partial charge in [0.25, 0.3) is 0 Å². The lowest BCUT2D eigenvalue weighted by Gasteiger charge is -2.39. The van der Waals surface area contributed by atoms with E-state index in [0.717, 1.165) is 32.1 Å². The minimum absolute atomic E-state index is 0.0307. The van der Waals surface area contributed by atoms with E-state index in [-0.39, 0.29) is 23.9 Å². The van der Waals surface area contributed by atoms with E-state index >= 15 is 0 Å². The van der Waals surface area contributed by atoms with Crippen molar-refractivity contribution in [1.82, 2.24) is 10.2 Å². The van der Waals surface area contributed by atoms with E-state index in [2.05, 4.69) is 33.0 Å². The van der Waals surface area contributed by atoms with Crippen LogP contribution in [-0.2, 0) is 9.59 Å². The van der Waals surface area contributed by atoms with Gasteiger partial charge in [0.1, 0.15) is 12.1 Å². The lowest BCUT2D eigenvalue weighted by Crippen LogP contribution is -2.63. The molecular weight excluding hydrogens is 240 g/mol. The highest BCUT2D eigenvalue weighted by atomic mass is 16.2. The summed E-state index contributed by atoms with van der Waals surface area (Å²) in [5, 5.41) is 2.91. The van der Waals surface area contributed by atoms with Crippen molar-refractivity contribution in [2.75, 3.05) is 6.54 Å². The normalized spacial score (nSPS) is 23.9. The molecule has 4 nitrogen and oxygen atoms in total. The number of nitrogens with zero attached hydrogens (tertiary/aromatic N) is 1. The van der Waals surface area contributed by atoms with Crippen molar-refractivity contribution < 1.29 is 9.59 Å². The predicted molar refractivity (Wildman–Crippen MR) is 76.7 cm³/mol. The van der Waals surface area contributed by atoms with Gasteiger partial charge < -0.3 is 10.2 Å². The summed E-state index contributed by atoms with van der Waals surface area (Å²) in [6.45, 7) is 9.02. The molecule has 0 spiro atoms. The van der Waals surface area contributed by atoms with Crippen LogP contribution in [0.1, 0.15) is 59.8 Å². The molecule has 1 saturated heterocycles. The summed E-state index contributed by atoms with van der Waals surface area (Å²) >= 11 is 0. The van der Waals surface area contributed by atoms with Crippen molar-refractivity contribution in [1.29, 1.82) is 0 Å². The molecule has 2 unspecified atom stereocenters. The van der Waals surface area contributed by atoms with Crippen LogP contribution >= 0.6 is 0 Å². The Balaban J connectivity index is 2.81. The van der Waals surface area contributed by atoms with Gasteiger partial charge >= 0.3 is 0 Å². The van der Waals surface area contributed by atoms with Gasteiger partial charge in [0.2, 0.25) is 11.8 Å². The molecular formula is C15H28N2O2. The number of piperazine rings is 1. The van der Waals surface area contributed by atoms with Crippen LogP contribution in [0, 0.1) is 5.92 Å². The molecule has 2 amide bonds. The number of hydrogen-bond acceptors (Lipinski definition) is 2. The van der Waals surface area contributed by atoms with E-state index in [1.165, 1.54) is 0 Å². The third-order valence-electron chi connectivity index (χ3n) is 3.60. The number of nitrogens with one attached hydrogen (secondary N) is 1. The van der Waals surface area contributed by atoms with E-state index in [9.17, 15) is 9.59 Å². The number of hydrogen-bond donors (Lipinski definition) is 1. The smallest absolute Gasteiger partial charge is 0.245 e. The minimum Gasteiger partial charge on any atom is -0.342 e. The van der Waals surface area contributed by atoms with Crippen molar-refractivity contribution in [3.8, 4) is 0 Å². The SMILES string of the molecule is CCCCN1C(=O)C(CC(C)C)NC(=O)C1CCC. The maximum absolute atomic E-state index is 12.5. The van der Waals surface area contributed by atoms with Crippen LogP contribution in [0.15, 0.2) is 0 Å². The third kappa shape index (κ3) is 4.22. The van der Waals surface area contributed by atoms with Crippen molar-refractivity contribution >= 4 is 11.8 Å². The Hall–Kier alpha value is -1.06. The predicted octanol–water partition coefficient (Wildman–Crippen LogP) is 2.33. The lowest BCUT2D eigenvalue weighted by atomic mass is 9.96. The fourth-order valence-corrected chi connectivity index (χ4v) is 2.61. The van der Waals surface area contributed by atoms with E-state index in [4.69, 9.17) is 0 Å². The molecule has 2 atom stereocenters. The second-order valence-electron chi connectivity index (χ2n) is 5.88. The zero-order chi connectivity index (χ0) is 14.4. The van der Waals surface area contributed by atoms with E-state index in [1.54, 1.807) is 0 Å². The Morgan fingerprint density at radius 1 is 1.21 bits per heavy atom. The molecule has 0 aromatic heterocycles. The summed E-state index contributed by atoms with van der Waals surface area (Å²) in [4.78, 5) is 26.5. The van der Waals surface area contributed by atoms with Gasteiger partial charge in [0.15, 0.2) is 0 Å². The fourth-order valence-electron chi connectivity index (χ4n) is 2.61. The molecule has 0 saturated carbocycles. The molecule has 0 radical (unpaired) electrons.